The molecule has 0 unspecified atom stereocenters. The Balaban J connectivity index is -0.000000188. The molecule has 0 aromatic carbocycles. The Morgan fingerprint density at radius 3 is 0.706 bits per heavy atom. The molecule has 0 fully saturated rings. The van der Waals surface area contributed by atoms with Gasteiger partial charge in [0.2, 0.25) is 0 Å². The molecule has 0 amide bonds. The molecule has 0 saturated heterocycles. The van der Waals surface area contributed by atoms with Gasteiger partial charge < -0.3 is 0 Å². The van der Waals surface area contributed by atoms with Crippen LogP contribution in [0.5, 0.6) is 0 Å². The molecule has 0 radical (unpaired) electrons. The third kappa shape index (κ3) is 23.8. The monoisotopic (exact) mass is 459 g/mol. The zero-order valence-corrected chi connectivity index (χ0v) is 18.4. The first kappa shape index (κ1) is 24.4. The van der Waals surface area contributed by atoms with E-state index < -0.39 is 0 Å². The molecule has 0 nitrogen and oxygen atoms in total. The van der Waals surface area contributed by atoms with E-state index in [-0.39, 0.29) is 15.8 Å². The minimum atomic E-state index is 0.137. The summed E-state index contributed by atoms with van der Waals surface area (Å²) in [6, 6.07) is 0. The van der Waals surface area contributed by atoms with Gasteiger partial charge >= 0.3 is 39.6 Å². The molecule has 113 valence electrons. The first-order valence-corrected chi connectivity index (χ1v) is 15.5. The van der Waals surface area contributed by atoms with E-state index >= 15 is 0 Å². The quantitative estimate of drug-likeness (QED) is 0.326. The zero-order valence-electron chi connectivity index (χ0n) is 12.3. The van der Waals surface area contributed by atoms with E-state index in [9.17, 15) is 0 Å². The van der Waals surface area contributed by atoms with Crippen molar-refractivity contribution in [2.75, 3.05) is 37.0 Å². The van der Waals surface area contributed by atoms with Crippen molar-refractivity contribution in [3.05, 3.63) is 0 Å². The molecule has 0 aliphatic rings. The summed E-state index contributed by atoms with van der Waals surface area (Å²) in [5.41, 5.74) is 0. The average Bonchev–Trinajstić information content (AvgIpc) is 2.35. The maximum atomic E-state index is 2.97. The van der Waals surface area contributed by atoms with Crippen LogP contribution in [0.2, 0.25) is 0 Å². The van der Waals surface area contributed by atoms with Crippen LogP contribution in [0.3, 0.4) is 0 Å². The van der Waals surface area contributed by atoms with Crippen molar-refractivity contribution in [1.82, 2.24) is 0 Å². The SMILES string of the molecule is CC[PH+](CC)CC.CC[PH+](CC)CC.[Br][Cu][Br]. The summed E-state index contributed by atoms with van der Waals surface area (Å²) in [5.74, 6) is 0. The Labute approximate surface area is 133 Å². The summed E-state index contributed by atoms with van der Waals surface area (Å²) >= 11 is 7.38. The zero-order chi connectivity index (χ0) is 14.1. The third-order valence-corrected chi connectivity index (χ3v) is 9.00. The summed E-state index contributed by atoms with van der Waals surface area (Å²) in [7, 11) is 0.275. The van der Waals surface area contributed by atoms with Gasteiger partial charge in [-0.05, 0) is 57.4 Å². The Bertz CT molecular complexity index is 87.7. The van der Waals surface area contributed by atoms with Crippen LogP contribution in [0.4, 0.5) is 0 Å². The molecule has 0 aromatic rings. The topological polar surface area (TPSA) is 0 Å². The minimum absolute atomic E-state index is 0.137. The number of hydrogen-bond acceptors (Lipinski definition) is 0. The molecular weight excluding hydrogens is 429 g/mol. The van der Waals surface area contributed by atoms with E-state index in [1.807, 2.05) is 0 Å². The van der Waals surface area contributed by atoms with Gasteiger partial charge in [-0.1, -0.05) is 0 Å². The van der Waals surface area contributed by atoms with Crippen LogP contribution >= 0.6 is 44.1 Å². The Hall–Kier alpha value is 2.34. The predicted molar refractivity (Wildman–Crippen MR) is 97.7 cm³/mol. The Morgan fingerprint density at radius 1 is 0.588 bits per heavy atom. The molecule has 17 heavy (non-hydrogen) atoms. The van der Waals surface area contributed by atoms with E-state index in [2.05, 4.69) is 69.8 Å². The number of rotatable bonds is 6. The second kappa shape index (κ2) is 23.4. The molecule has 0 saturated carbocycles. The first-order chi connectivity index (χ1) is 8.11. The summed E-state index contributed by atoms with van der Waals surface area (Å²) in [4.78, 5) is 0. The normalized spacial score (nSPS) is 9.76. The molecule has 0 heterocycles. The molecule has 0 spiro atoms. The van der Waals surface area contributed by atoms with Crippen molar-refractivity contribution < 1.29 is 11.3 Å². The van der Waals surface area contributed by atoms with Crippen molar-refractivity contribution in [3.63, 3.8) is 0 Å². The molecule has 0 bridgehead atoms. The summed E-state index contributed by atoms with van der Waals surface area (Å²) < 4.78 is 0. The van der Waals surface area contributed by atoms with Crippen molar-refractivity contribution in [1.29, 1.82) is 0 Å². The van der Waals surface area contributed by atoms with Crippen LogP contribution in [0.1, 0.15) is 41.5 Å². The summed E-state index contributed by atoms with van der Waals surface area (Å²) in [5, 5.41) is 0. The fraction of sp³-hybridized carbons (Fsp3) is 1.00. The van der Waals surface area contributed by atoms with Crippen LogP contribution in [0.15, 0.2) is 0 Å². The van der Waals surface area contributed by atoms with Crippen molar-refractivity contribution in [3.8, 4) is 0 Å². The van der Waals surface area contributed by atoms with Crippen LogP contribution in [0.25, 0.3) is 0 Å². The van der Waals surface area contributed by atoms with Crippen LogP contribution < -0.4 is 0 Å². The van der Waals surface area contributed by atoms with Crippen molar-refractivity contribution >= 4 is 44.1 Å². The molecule has 0 rings (SSSR count). The Morgan fingerprint density at radius 2 is 0.706 bits per heavy atom. The van der Waals surface area contributed by atoms with Gasteiger partial charge in [-0.3, -0.25) is 0 Å². The summed E-state index contributed by atoms with van der Waals surface area (Å²) in [6.07, 6.45) is 8.74. The van der Waals surface area contributed by atoms with Crippen molar-refractivity contribution in [2.24, 2.45) is 0 Å². The Kier molecular flexibility index (Phi) is 33.6. The molecule has 0 atom stereocenters. The fourth-order valence-electron chi connectivity index (χ4n) is 1.50. The van der Waals surface area contributed by atoms with Gasteiger partial charge in [0.25, 0.3) is 0 Å². The van der Waals surface area contributed by atoms with Crippen LogP contribution in [-0.4, -0.2) is 37.0 Å². The second-order valence-electron chi connectivity index (χ2n) is 3.66. The third-order valence-electron chi connectivity index (χ3n) is 3.00. The molecular formula is C12H32Br2CuP2+2. The van der Waals surface area contributed by atoms with E-state index in [1.165, 1.54) is 48.3 Å². The van der Waals surface area contributed by atoms with Gasteiger partial charge in [0.05, 0.1) is 37.0 Å². The standard InChI is InChI=1S/2C6H15P.2BrH.Cu/c2*1-4-7(5-2)6-3;;;/h2*4-6H2,1-3H3;2*1H;/q;;;;+2. The second-order valence-corrected chi connectivity index (χ2v) is 15.7. The van der Waals surface area contributed by atoms with Gasteiger partial charge in [-0.2, -0.15) is 0 Å². The van der Waals surface area contributed by atoms with Crippen LogP contribution in [0, 0.1) is 0 Å². The van der Waals surface area contributed by atoms with Crippen LogP contribution in [-0.2, 0) is 11.3 Å². The van der Waals surface area contributed by atoms with E-state index in [0.29, 0.717) is 0 Å². The van der Waals surface area contributed by atoms with E-state index in [1.54, 1.807) is 0 Å². The number of hydrogen-bond donors (Lipinski definition) is 0. The maximum absolute atomic E-state index is 2.97. The summed E-state index contributed by atoms with van der Waals surface area (Å²) in [6.45, 7) is 13.8. The fourth-order valence-corrected chi connectivity index (χ4v) is 4.50. The first-order valence-electron chi connectivity index (χ1n) is 6.59. The molecule has 5 heteroatoms. The predicted octanol–water partition coefficient (Wildman–Crippen LogP) is 6.21. The molecule has 0 aromatic heterocycles. The molecule has 0 aliphatic heterocycles. The van der Waals surface area contributed by atoms with Gasteiger partial charge in [0.15, 0.2) is 0 Å². The van der Waals surface area contributed by atoms with Crippen molar-refractivity contribution in [2.45, 2.75) is 41.5 Å². The van der Waals surface area contributed by atoms with E-state index in [0.717, 1.165) is 0 Å². The number of halogens is 2. The van der Waals surface area contributed by atoms with Gasteiger partial charge in [0, 0.05) is 0 Å². The molecule has 0 N–H and O–H groups in total. The molecule has 0 aliphatic carbocycles. The van der Waals surface area contributed by atoms with Gasteiger partial charge in [-0.15, -0.1) is 0 Å². The van der Waals surface area contributed by atoms with E-state index in [4.69, 9.17) is 0 Å². The average molecular weight is 462 g/mol. The van der Waals surface area contributed by atoms with Gasteiger partial charge in [0.1, 0.15) is 0 Å². The van der Waals surface area contributed by atoms with Gasteiger partial charge in [-0.25, -0.2) is 0 Å².